The highest BCUT2D eigenvalue weighted by molar-refractivity contribution is 5.71. The molecule has 2 N–H and O–H groups in total. The van der Waals surface area contributed by atoms with E-state index in [1.165, 1.54) is 12.1 Å². The quantitative estimate of drug-likeness (QED) is 0.801. The lowest BCUT2D eigenvalue weighted by atomic mass is 10.1. The van der Waals surface area contributed by atoms with Crippen molar-refractivity contribution in [3.63, 3.8) is 0 Å². The Balaban J connectivity index is 2.05. The fourth-order valence-corrected chi connectivity index (χ4v) is 1.73. The van der Waals surface area contributed by atoms with Crippen LogP contribution in [-0.2, 0) is 4.74 Å². The van der Waals surface area contributed by atoms with Crippen molar-refractivity contribution in [2.75, 3.05) is 30.9 Å². The van der Waals surface area contributed by atoms with Gasteiger partial charge in [-0.25, -0.2) is 4.39 Å². The first-order chi connectivity index (χ1) is 7.29. The van der Waals surface area contributed by atoms with Crippen LogP contribution in [0.15, 0.2) is 18.2 Å². The van der Waals surface area contributed by atoms with Crippen LogP contribution in [-0.4, -0.2) is 26.3 Å². The largest absolute Gasteiger partial charge is 0.385 e. The van der Waals surface area contributed by atoms with E-state index in [0.717, 1.165) is 24.3 Å². The van der Waals surface area contributed by atoms with Crippen LogP contribution in [0.25, 0.3) is 0 Å². The van der Waals surface area contributed by atoms with Gasteiger partial charge in [0.05, 0.1) is 11.4 Å². The number of rotatable bonds is 3. The van der Waals surface area contributed by atoms with Crippen molar-refractivity contribution in [3.05, 3.63) is 24.0 Å². The third kappa shape index (κ3) is 2.39. The number of hydrogen-bond acceptors (Lipinski definition) is 3. The van der Waals surface area contributed by atoms with E-state index < -0.39 is 0 Å². The maximum Gasteiger partial charge on any atom is 0.125 e. The second-order valence-corrected chi connectivity index (χ2v) is 3.69. The van der Waals surface area contributed by atoms with E-state index in [-0.39, 0.29) is 5.82 Å². The van der Waals surface area contributed by atoms with Crippen molar-refractivity contribution in [3.8, 4) is 0 Å². The number of benzene rings is 1. The first kappa shape index (κ1) is 10.2. The Morgan fingerprint density at radius 3 is 3.13 bits per heavy atom. The molecule has 0 radical (unpaired) electrons. The number of hydrogen-bond donors (Lipinski definition) is 2. The van der Waals surface area contributed by atoms with Crippen LogP contribution in [0.1, 0.15) is 6.42 Å². The zero-order chi connectivity index (χ0) is 10.7. The Kier molecular flexibility index (Phi) is 3.06. The molecule has 0 spiro atoms. The Hall–Kier alpha value is -1.29. The van der Waals surface area contributed by atoms with Gasteiger partial charge in [-0.05, 0) is 24.6 Å². The topological polar surface area (TPSA) is 33.3 Å². The first-order valence-corrected chi connectivity index (χ1v) is 5.08. The van der Waals surface area contributed by atoms with Gasteiger partial charge in [-0.2, -0.15) is 0 Å². The molecule has 2 rings (SSSR count). The second-order valence-electron chi connectivity index (χ2n) is 3.69. The molecule has 15 heavy (non-hydrogen) atoms. The number of halogens is 1. The van der Waals surface area contributed by atoms with E-state index in [1.54, 1.807) is 13.2 Å². The van der Waals surface area contributed by atoms with Crippen molar-refractivity contribution >= 4 is 11.4 Å². The van der Waals surface area contributed by atoms with E-state index in [4.69, 9.17) is 4.74 Å². The van der Waals surface area contributed by atoms with Gasteiger partial charge in [0.2, 0.25) is 0 Å². The molecule has 1 aromatic carbocycles. The maximum absolute atomic E-state index is 13.0. The summed E-state index contributed by atoms with van der Waals surface area (Å²) in [4.78, 5) is 0. The minimum absolute atomic E-state index is 0.213. The van der Waals surface area contributed by atoms with Crippen molar-refractivity contribution in [2.24, 2.45) is 0 Å². The third-order valence-corrected chi connectivity index (χ3v) is 2.55. The molecule has 0 saturated carbocycles. The smallest absolute Gasteiger partial charge is 0.125 e. The molecule has 1 aliphatic heterocycles. The summed E-state index contributed by atoms with van der Waals surface area (Å²) in [5.41, 5.74) is 1.80. The third-order valence-electron chi connectivity index (χ3n) is 2.55. The summed E-state index contributed by atoms with van der Waals surface area (Å²) in [7, 11) is 1.68. The molecule has 0 saturated heterocycles. The van der Waals surface area contributed by atoms with E-state index in [0.29, 0.717) is 12.6 Å². The molecule has 0 aliphatic carbocycles. The molecule has 0 fully saturated rings. The van der Waals surface area contributed by atoms with Gasteiger partial charge >= 0.3 is 0 Å². The maximum atomic E-state index is 13.0. The second kappa shape index (κ2) is 4.49. The average Bonchev–Trinajstić information content (AvgIpc) is 2.25. The highest BCUT2D eigenvalue weighted by Gasteiger charge is 2.16. The van der Waals surface area contributed by atoms with Crippen LogP contribution in [0.3, 0.4) is 0 Å². The van der Waals surface area contributed by atoms with Crippen molar-refractivity contribution < 1.29 is 9.13 Å². The summed E-state index contributed by atoms with van der Waals surface area (Å²) in [5.74, 6) is -0.213. The average molecular weight is 210 g/mol. The van der Waals surface area contributed by atoms with Crippen LogP contribution >= 0.6 is 0 Å². The summed E-state index contributed by atoms with van der Waals surface area (Å²) in [6, 6.07) is 5.04. The number of methoxy groups -OCH3 is 1. The lowest BCUT2D eigenvalue weighted by molar-refractivity contribution is 0.190. The Morgan fingerprint density at radius 1 is 1.47 bits per heavy atom. The van der Waals surface area contributed by atoms with Crippen molar-refractivity contribution in [2.45, 2.75) is 12.5 Å². The molecular weight excluding hydrogens is 195 g/mol. The number of ether oxygens (including phenoxy) is 1. The zero-order valence-electron chi connectivity index (χ0n) is 8.72. The summed E-state index contributed by atoms with van der Waals surface area (Å²) in [6.07, 6.45) is 0.916. The Morgan fingerprint density at radius 2 is 2.33 bits per heavy atom. The van der Waals surface area contributed by atoms with Gasteiger partial charge in [-0.3, -0.25) is 0 Å². The van der Waals surface area contributed by atoms with Crippen LogP contribution in [0, 0.1) is 5.82 Å². The number of nitrogens with one attached hydrogen (secondary N) is 2. The number of fused-ring (bicyclic) bond motifs is 1. The van der Waals surface area contributed by atoms with E-state index >= 15 is 0 Å². The summed E-state index contributed by atoms with van der Waals surface area (Å²) in [5, 5.41) is 6.55. The summed E-state index contributed by atoms with van der Waals surface area (Å²) in [6.45, 7) is 1.56. The molecule has 1 atom stereocenters. The molecule has 4 heteroatoms. The highest BCUT2D eigenvalue weighted by atomic mass is 19.1. The zero-order valence-corrected chi connectivity index (χ0v) is 8.72. The van der Waals surface area contributed by atoms with Gasteiger partial charge < -0.3 is 15.4 Å². The van der Waals surface area contributed by atoms with Gasteiger partial charge in [-0.15, -0.1) is 0 Å². The molecule has 1 aliphatic rings. The predicted molar refractivity (Wildman–Crippen MR) is 58.8 cm³/mol. The van der Waals surface area contributed by atoms with E-state index in [2.05, 4.69) is 10.6 Å². The van der Waals surface area contributed by atoms with Crippen LogP contribution in [0.5, 0.6) is 0 Å². The van der Waals surface area contributed by atoms with E-state index in [9.17, 15) is 4.39 Å². The molecule has 3 nitrogen and oxygen atoms in total. The minimum Gasteiger partial charge on any atom is -0.385 e. The normalized spacial score (nSPS) is 18.9. The minimum atomic E-state index is -0.213. The number of anilines is 2. The van der Waals surface area contributed by atoms with Gasteiger partial charge in [-0.1, -0.05) is 0 Å². The fourth-order valence-electron chi connectivity index (χ4n) is 1.73. The fraction of sp³-hybridized carbons (Fsp3) is 0.455. The standard InChI is InChI=1S/C11H15FN2O/c1-15-5-4-9-7-13-10-3-2-8(12)6-11(10)14-9/h2-3,6,9,13-14H,4-5,7H2,1H3. The lowest BCUT2D eigenvalue weighted by Gasteiger charge is -2.28. The summed E-state index contributed by atoms with van der Waals surface area (Å²) < 4.78 is 18.0. The SMILES string of the molecule is COCCC1CNc2ccc(F)cc2N1. The van der Waals surface area contributed by atoms with Crippen LogP contribution in [0.2, 0.25) is 0 Å². The molecule has 82 valence electrons. The molecule has 0 aromatic heterocycles. The molecule has 1 heterocycles. The molecule has 0 bridgehead atoms. The van der Waals surface area contributed by atoms with Crippen molar-refractivity contribution in [1.29, 1.82) is 0 Å². The van der Waals surface area contributed by atoms with Gasteiger partial charge in [0.1, 0.15) is 5.82 Å². The van der Waals surface area contributed by atoms with Gasteiger partial charge in [0, 0.05) is 26.3 Å². The van der Waals surface area contributed by atoms with Gasteiger partial charge in [0.25, 0.3) is 0 Å². The molecule has 1 aromatic rings. The van der Waals surface area contributed by atoms with Gasteiger partial charge in [0.15, 0.2) is 0 Å². The summed E-state index contributed by atoms with van der Waals surface area (Å²) >= 11 is 0. The van der Waals surface area contributed by atoms with Crippen LogP contribution in [0.4, 0.5) is 15.8 Å². The lowest BCUT2D eigenvalue weighted by Crippen LogP contribution is -2.33. The molecule has 0 amide bonds. The van der Waals surface area contributed by atoms with Crippen molar-refractivity contribution in [1.82, 2.24) is 0 Å². The monoisotopic (exact) mass is 210 g/mol. The highest BCUT2D eigenvalue weighted by Crippen LogP contribution is 2.27. The molecular formula is C11H15FN2O. The predicted octanol–water partition coefficient (Wildman–Crippen LogP) is 2.07. The Labute approximate surface area is 88.6 Å². The molecule has 1 unspecified atom stereocenters. The first-order valence-electron chi connectivity index (χ1n) is 5.08. The Bertz CT molecular complexity index is 343. The van der Waals surface area contributed by atoms with E-state index in [1.807, 2.05) is 0 Å². The van der Waals surface area contributed by atoms with Crippen LogP contribution < -0.4 is 10.6 Å².